The molecule has 2 aromatic rings. The van der Waals surface area contributed by atoms with Crippen molar-refractivity contribution in [1.29, 1.82) is 0 Å². The monoisotopic (exact) mass is 230 g/mol. The summed E-state index contributed by atoms with van der Waals surface area (Å²) in [6.07, 6.45) is 5.99. The SMILES string of the molecule is CC(=O)C=Cc1ccc2ncc(C(=O)O)n2c1. The molecule has 0 fully saturated rings. The summed E-state index contributed by atoms with van der Waals surface area (Å²) in [5, 5.41) is 8.95. The van der Waals surface area contributed by atoms with Gasteiger partial charge in [0, 0.05) is 6.20 Å². The molecule has 0 bridgehead atoms. The standard InChI is InChI=1S/C12H10N2O3/c1-8(15)2-3-9-4-5-11-13-6-10(12(16)17)14(11)7-9/h2-7H,1H3,(H,16,17). The predicted molar refractivity (Wildman–Crippen MR) is 61.9 cm³/mol. The van der Waals surface area contributed by atoms with Crippen LogP contribution in [0.4, 0.5) is 0 Å². The molecule has 0 aliphatic carbocycles. The minimum atomic E-state index is -1.04. The van der Waals surface area contributed by atoms with Crippen molar-refractivity contribution in [3.63, 3.8) is 0 Å². The van der Waals surface area contributed by atoms with Crippen LogP contribution in [0.2, 0.25) is 0 Å². The first-order valence-electron chi connectivity index (χ1n) is 4.97. The minimum Gasteiger partial charge on any atom is -0.477 e. The van der Waals surface area contributed by atoms with Gasteiger partial charge in [0.2, 0.25) is 0 Å². The van der Waals surface area contributed by atoms with Crippen molar-refractivity contribution in [2.24, 2.45) is 0 Å². The van der Waals surface area contributed by atoms with Crippen LogP contribution in [0.5, 0.6) is 0 Å². The van der Waals surface area contributed by atoms with E-state index in [1.54, 1.807) is 24.4 Å². The van der Waals surface area contributed by atoms with Crippen molar-refractivity contribution in [3.8, 4) is 0 Å². The van der Waals surface area contributed by atoms with Gasteiger partial charge < -0.3 is 5.11 Å². The van der Waals surface area contributed by atoms with Gasteiger partial charge in [0.1, 0.15) is 5.65 Å². The largest absolute Gasteiger partial charge is 0.477 e. The zero-order valence-corrected chi connectivity index (χ0v) is 9.12. The number of allylic oxidation sites excluding steroid dienone is 1. The third-order valence-electron chi connectivity index (χ3n) is 2.26. The lowest BCUT2D eigenvalue weighted by atomic mass is 10.2. The van der Waals surface area contributed by atoms with Crippen molar-refractivity contribution < 1.29 is 14.7 Å². The maximum absolute atomic E-state index is 10.9. The maximum atomic E-state index is 10.9. The Balaban J connectivity index is 2.51. The molecule has 5 nitrogen and oxygen atoms in total. The lowest BCUT2D eigenvalue weighted by molar-refractivity contribution is -0.112. The van der Waals surface area contributed by atoms with Crippen LogP contribution in [-0.4, -0.2) is 26.2 Å². The minimum absolute atomic E-state index is 0.0609. The number of rotatable bonds is 3. The van der Waals surface area contributed by atoms with E-state index in [4.69, 9.17) is 5.11 Å². The van der Waals surface area contributed by atoms with Crippen LogP contribution >= 0.6 is 0 Å². The Kier molecular flexibility index (Phi) is 2.74. The molecule has 2 heterocycles. The highest BCUT2D eigenvalue weighted by Crippen LogP contribution is 2.10. The van der Waals surface area contributed by atoms with Crippen LogP contribution in [0.25, 0.3) is 11.7 Å². The molecule has 0 atom stereocenters. The van der Waals surface area contributed by atoms with Gasteiger partial charge in [-0.25, -0.2) is 9.78 Å². The molecule has 2 rings (SSSR count). The number of imidazole rings is 1. The summed E-state index contributed by atoms with van der Waals surface area (Å²) in [4.78, 5) is 25.7. The number of nitrogens with zero attached hydrogens (tertiary/aromatic N) is 2. The average Bonchev–Trinajstić information content (AvgIpc) is 2.69. The number of carbonyl (C=O) groups is 2. The van der Waals surface area contributed by atoms with Crippen molar-refractivity contribution in [3.05, 3.63) is 41.9 Å². The normalized spacial score (nSPS) is 11.1. The van der Waals surface area contributed by atoms with E-state index in [2.05, 4.69) is 4.98 Å². The molecule has 17 heavy (non-hydrogen) atoms. The lowest BCUT2D eigenvalue weighted by Crippen LogP contribution is -2.01. The summed E-state index contributed by atoms with van der Waals surface area (Å²) in [7, 11) is 0. The molecule has 0 aliphatic heterocycles. The summed E-state index contributed by atoms with van der Waals surface area (Å²) in [6.45, 7) is 1.45. The van der Waals surface area contributed by atoms with E-state index in [-0.39, 0.29) is 11.5 Å². The molecule has 0 saturated carbocycles. The van der Waals surface area contributed by atoms with Crippen molar-refractivity contribution in [2.45, 2.75) is 6.92 Å². The smallest absolute Gasteiger partial charge is 0.354 e. The summed E-state index contributed by atoms with van der Waals surface area (Å²) >= 11 is 0. The first-order valence-corrected chi connectivity index (χ1v) is 4.97. The molecule has 2 aromatic heterocycles. The predicted octanol–water partition coefficient (Wildman–Crippen LogP) is 1.63. The number of aromatic carboxylic acids is 1. The summed E-state index contributed by atoms with van der Waals surface area (Å²) in [5.41, 5.74) is 1.40. The van der Waals surface area contributed by atoms with Crippen molar-refractivity contribution in [1.82, 2.24) is 9.38 Å². The van der Waals surface area contributed by atoms with E-state index in [1.165, 1.54) is 23.6 Å². The van der Waals surface area contributed by atoms with Crippen LogP contribution in [-0.2, 0) is 4.79 Å². The molecule has 0 spiro atoms. The number of ketones is 1. The number of hydrogen-bond donors (Lipinski definition) is 1. The molecule has 1 N–H and O–H groups in total. The Morgan fingerprint density at radius 3 is 2.82 bits per heavy atom. The number of pyridine rings is 1. The topological polar surface area (TPSA) is 71.7 Å². The number of carboxylic acid groups (broad SMARTS) is 1. The second-order valence-electron chi connectivity index (χ2n) is 3.58. The molecule has 0 aliphatic rings. The molecule has 5 heteroatoms. The summed E-state index contributed by atoms with van der Waals surface area (Å²) in [5.74, 6) is -1.10. The molecule has 0 amide bonds. The Bertz CT molecular complexity index is 626. The lowest BCUT2D eigenvalue weighted by Gasteiger charge is -1.98. The van der Waals surface area contributed by atoms with Gasteiger partial charge in [0.05, 0.1) is 6.20 Å². The Morgan fingerprint density at radius 2 is 2.18 bits per heavy atom. The van der Waals surface area contributed by atoms with Gasteiger partial charge in [-0.05, 0) is 36.8 Å². The van der Waals surface area contributed by atoms with E-state index >= 15 is 0 Å². The Labute approximate surface area is 97.0 Å². The number of hydrogen-bond acceptors (Lipinski definition) is 3. The Morgan fingerprint density at radius 1 is 1.41 bits per heavy atom. The van der Waals surface area contributed by atoms with Gasteiger partial charge in [-0.1, -0.05) is 0 Å². The zero-order chi connectivity index (χ0) is 12.4. The van der Waals surface area contributed by atoms with E-state index in [1.807, 2.05) is 0 Å². The molecule has 0 aromatic carbocycles. The van der Waals surface area contributed by atoms with Gasteiger partial charge in [-0.3, -0.25) is 9.20 Å². The van der Waals surface area contributed by atoms with Crippen LogP contribution in [0, 0.1) is 0 Å². The molecule has 0 saturated heterocycles. The molecule has 0 unspecified atom stereocenters. The highest BCUT2D eigenvalue weighted by molar-refractivity contribution is 5.91. The van der Waals surface area contributed by atoms with Crippen LogP contribution in [0.3, 0.4) is 0 Å². The maximum Gasteiger partial charge on any atom is 0.354 e. The number of fused-ring (bicyclic) bond motifs is 1. The van der Waals surface area contributed by atoms with E-state index in [9.17, 15) is 9.59 Å². The highest BCUT2D eigenvalue weighted by Gasteiger charge is 2.09. The van der Waals surface area contributed by atoms with Crippen molar-refractivity contribution in [2.75, 3.05) is 0 Å². The van der Waals surface area contributed by atoms with Gasteiger partial charge in [-0.15, -0.1) is 0 Å². The molecular weight excluding hydrogens is 220 g/mol. The fourth-order valence-corrected chi connectivity index (χ4v) is 1.47. The summed E-state index contributed by atoms with van der Waals surface area (Å²) in [6, 6.07) is 3.47. The van der Waals surface area contributed by atoms with Gasteiger partial charge in [-0.2, -0.15) is 0 Å². The second kappa shape index (κ2) is 4.21. The zero-order valence-electron chi connectivity index (χ0n) is 9.12. The van der Waals surface area contributed by atoms with Crippen LogP contribution in [0.1, 0.15) is 23.0 Å². The van der Waals surface area contributed by atoms with Gasteiger partial charge in [0.15, 0.2) is 11.5 Å². The first kappa shape index (κ1) is 11.1. The number of carbonyl (C=O) groups excluding carboxylic acids is 1. The molecule has 0 radical (unpaired) electrons. The quantitative estimate of drug-likeness (QED) is 0.813. The van der Waals surface area contributed by atoms with E-state index in [0.29, 0.717) is 5.65 Å². The molecular formula is C12H10N2O3. The van der Waals surface area contributed by atoms with E-state index in [0.717, 1.165) is 5.56 Å². The van der Waals surface area contributed by atoms with Crippen LogP contribution in [0.15, 0.2) is 30.6 Å². The summed E-state index contributed by atoms with van der Waals surface area (Å²) < 4.78 is 1.47. The third-order valence-corrected chi connectivity index (χ3v) is 2.26. The van der Waals surface area contributed by atoms with Crippen LogP contribution < -0.4 is 0 Å². The van der Waals surface area contributed by atoms with Gasteiger partial charge in [0.25, 0.3) is 0 Å². The van der Waals surface area contributed by atoms with Gasteiger partial charge >= 0.3 is 5.97 Å². The number of carboxylic acids is 1. The number of aromatic nitrogens is 2. The fraction of sp³-hybridized carbons (Fsp3) is 0.0833. The Hall–Kier alpha value is -2.43. The average molecular weight is 230 g/mol. The fourth-order valence-electron chi connectivity index (χ4n) is 1.47. The molecule has 86 valence electrons. The second-order valence-corrected chi connectivity index (χ2v) is 3.58. The van der Waals surface area contributed by atoms with E-state index < -0.39 is 5.97 Å². The highest BCUT2D eigenvalue weighted by atomic mass is 16.4. The third kappa shape index (κ3) is 2.23. The van der Waals surface area contributed by atoms with Crippen molar-refractivity contribution >= 4 is 23.5 Å². The first-order chi connectivity index (χ1) is 8.08.